The average Bonchev–Trinajstić information content (AvgIpc) is 3.24. The summed E-state index contributed by atoms with van der Waals surface area (Å²) in [4.78, 5) is 27.1. The van der Waals surface area contributed by atoms with Crippen molar-refractivity contribution in [1.29, 1.82) is 0 Å². The fourth-order valence-electron chi connectivity index (χ4n) is 4.00. The summed E-state index contributed by atoms with van der Waals surface area (Å²) in [6.45, 7) is 6.23. The molecule has 2 heterocycles. The van der Waals surface area contributed by atoms with Crippen molar-refractivity contribution in [3.63, 3.8) is 0 Å². The Kier molecular flexibility index (Phi) is 7.10. The highest BCUT2D eigenvalue weighted by Gasteiger charge is 2.33. The number of nitrogens with zero attached hydrogens (tertiary/aromatic N) is 1. The smallest absolute Gasteiger partial charge is 0.226 e. The fraction of sp³-hybridized carbons (Fsp3) is 0.619. The molecule has 0 aliphatic carbocycles. The molecular formula is C21H31N3O3. The highest BCUT2D eigenvalue weighted by atomic mass is 16.5. The van der Waals surface area contributed by atoms with E-state index >= 15 is 0 Å². The Labute approximate surface area is 161 Å². The highest BCUT2D eigenvalue weighted by molar-refractivity contribution is 5.83. The van der Waals surface area contributed by atoms with Crippen molar-refractivity contribution in [1.82, 2.24) is 15.5 Å². The van der Waals surface area contributed by atoms with Crippen LogP contribution in [0.4, 0.5) is 0 Å². The predicted octanol–water partition coefficient (Wildman–Crippen LogP) is 1.59. The van der Waals surface area contributed by atoms with Crippen LogP contribution >= 0.6 is 0 Å². The second-order valence-electron chi connectivity index (χ2n) is 7.40. The molecule has 2 amide bonds. The van der Waals surface area contributed by atoms with Gasteiger partial charge in [0.2, 0.25) is 11.8 Å². The molecule has 2 aliphatic rings. The van der Waals surface area contributed by atoms with E-state index in [0.717, 1.165) is 43.7 Å². The van der Waals surface area contributed by atoms with Crippen LogP contribution in [0.3, 0.4) is 0 Å². The Balaban J connectivity index is 1.47. The third-order valence-corrected chi connectivity index (χ3v) is 5.45. The second-order valence-corrected chi connectivity index (χ2v) is 7.40. The second kappa shape index (κ2) is 9.74. The summed E-state index contributed by atoms with van der Waals surface area (Å²) < 4.78 is 5.64. The lowest BCUT2D eigenvalue weighted by atomic mass is 9.89. The van der Waals surface area contributed by atoms with E-state index in [0.29, 0.717) is 32.7 Å². The van der Waals surface area contributed by atoms with Crippen molar-refractivity contribution in [3.05, 3.63) is 29.8 Å². The molecule has 3 rings (SSSR count). The molecule has 0 aromatic heterocycles. The number of para-hydroxylation sites is 1. The Morgan fingerprint density at radius 1 is 1.19 bits per heavy atom. The van der Waals surface area contributed by atoms with Crippen LogP contribution in [-0.4, -0.2) is 56.0 Å². The highest BCUT2D eigenvalue weighted by Crippen LogP contribution is 2.22. The molecule has 2 saturated heterocycles. The van der Waals surface area contributed by atoms with Gasteiger partial charge in [0.05, 0.1) is 18.4 Å². The van der Waals surface area contributed by atoms with Gasteiger partial charge in [-0.1, -0.05) is 18.2 Å². The van der Waals surface area contributed by atoms with Crippen LogP contribution in [-0.2, 0) is 16.0 Å². The van der Waals surface area contributed by atoms with Gasteiger partial charge < -0.3 is 20.3 Å². The zero-order chi connectivity index (χ0) is 19.1. The summed E-state index contributed by atoms with van der Waals surface area (Å²) in [6.07, 6.45) is 3.57. The Morgan fingerprint density at radius 3 is 2.70 bits per heavy atom. The van der Waals surface area contributed by atoms with Crippen LogP contribution in [0.2, 0.25) is 0 Å². The van der Waals surface area contributed by atoms with Gasteiger partial charge in [-0.05, 0) is 44.2 Å². The first kappa shape index (κ1) is 19.7. The van der Waals surface area contributed by atoms with E-state index in [1.807, 2.05) is 36.1 Å². The van der Waals surface area contributed by atoms with Crippen LogP contribution in [0.15, 0.2) is 24.3 Å². The lowest BCUT2D eigenvalue weighted by Gasteiger charge is -2.31. The van der Waals surface area contributed by atoms with Crippen LogP contribution in [0.25, 0.3) is 0 Å². The van der Waals surface area contributed by atoms with Crippen molar-refractivity contribution >= 4 is 11.8 Å². The average molecular weight is 373 g/mol. The van der Waals surface area contributed by atoms with Gasteiger partial charge >= 0.3 is 0 Å². The predicted molar refractivity (Wildman–Crippen MR) is 105 cm³/mol. The van der Waals surface area contributed by atoms with Gasteiger partial charge in [0.25, 0.3) is 0 Å². The van der Waals surface area contributed by atoms with Gasteiger partial charge in [-0.3, -0.25) is 9.59 Å². The molecule has 0 saturated carbocycles. The summed E-state index contributed by atoms with van der Waals surface area (Å²) in [5, 5.41) is 6.32. The van der Waals surface area contributed by atoms with Gasteiger partial charge in [0.15, 0.2) is 0 Å². The van der Waals surface area contributed by atoms with Gasteiger partial charge in [-0.2, -0.15) is 0 Å². The summed E-state index contributed by atoms with van der Waals surface area (Å²) >= 11 is 0. The molecule has 2 atom stereocenters. The monoisotopic (exact) mass is 373 g/mol. The summed E-state index contributed by atoms with van der Waals surface area (Å²) in [5.41, 5.74) is 1.10. The van der Waals surface area contributed by atoms with E-state index in [4.69, 9.17) is 4.74 Å². The first-order valence-electron chi connectivity index (χ1n) is 10.2. The molecule has 1 aromatic rings. The molecule has 2 aliphatic heterocycles. The number of carbonyl (C=O) groups is 2. The molecule has 27 heavy (non-hydrogen) atoms. The normalized spacial score (nSPS) is 22.5. The summed E-state index contributed by atoms with van der Waals surface area (Å²) in [5.74, 6) is 0.909. The maximum absolute atomic E-state index is 12.6. The summed E-state index contributed by atoms with van der Waals surface area (Å²) in [7, 11) is 0. The number of piperidine rings is 1. The number of carbonyl (C=O) groups excluding carboxylic acids is 2. The zero-order valence-electron chi connectivity index (χ0n) is 16.2. The molecule has 6 heteroatoms. The van der Waals surface area contributed by atoms with E-state index < -0.39 is 0 Å². The van der Waals surface area contributed by atoms with Gasteiger partial charge in [0.1, 0.15) is 5.75 Å². The number of amides is 2. The molecule has 0 radical (unpaired) electrons. The standard InChI is InChI=1S/C21H31N3O3/c1-2-27-19-8-4-3-7-16(19)9-10-23-20(25)17-13-18(15-22-14-17)21(26)24-11-5-6-12-24/h3-4,7-8,17-18,22H,2,5-6,9-15H2,1H3,(H,23,25)/t17-,18+/m0/s1. The molecule has 2 N–H and O–H groups in total. The SMILES string of the molecule is CCOc1ccccc1CCNC(=O)[C@@H]1CNC[C@H](C(=O)N2CCCC2)C1. The van der Waals surface area contributed by atoms with E-state index in [1.165, 1.54) is 0 Å². The quantitative estimate of drug-likeness (QED) is 0.762. The largest absolute Gasteiger partial charge is 0.494 e. The first-order chi connectivity index (χ1) is 13.2. The molecule has 148 valence electrons. The van der Waals surface area contributed by atoms with Crippen LogP contribution < -0.4 is 15.4 Å². The lowest BCUT2D eigenvalue weighted by molar-refractivity contribution is -0.136. The van der Waals surface area contributed by atoms with Crippen LogP contribution in [0, 0.1) is 11.8 Å². The summed E-state index contributed by atoms with van der Waals surface area (Å²) in [6, 6.07) is 7.93. The van der Waals surface area contributed by atoms with Crippen molar-refractivity contribution in [2.75, 3.05) is 39.3 Å². The molecule has 0 bridgehead atoms. The molecule has 1 aromatic carbocycles. The van der Waals surface area contributed by atoms with E-state index in [-0.39, 0.29) is 23.7 Å². The van der Waals surface area contributed by atoms with E-state index in [1.54, 1.807) is 0 Å². The van der Waals surface area contributed by atoms with Crippen LogP contribution in [0.1, 0.15) is 31.7 Å². The van der Waals surface area contributed by atoms with Gasteiger partial charge in [-0.25, -0.2) is 0 Å². The Bertz CT molecular complexity index is 643. The van der Waals surface area contributed by atoms with Gasteiger partial charge in [-0.15, -0.1) is 0 Å². The minimum atomic E-state index is -0.141. The third-order valence-electron chi connectivity index (χ3n) is 5.45. The van der Waals surface area contributed by atoms with Gasteiger partial charge in [0, 0.05) is 32.7 Å². The topological polar surface area (TPSA) is 70.7 Å². The minimum absolute atomic E-state index is 0.0373. The Morgan fingerprint density at radius 2 is 1.93 bits per heavy atom. The number of rotatable bonds is 7. The van der Waals surface area contributed by atoms with Crippen LogP contribution in [0.5, 0.6) is 5.75 Å². The maximum atomic E-state index is 12.6. The van der Waals surface area contributed by atoms with Crippen molar-refractivity contribution in [2.24, 2.45) is 11.8 Å². The van der Waals surface area contributed by atoms with Crippen molar-refractivity contribution in [3.8, 4) is 5.75 Å². The molecule has 0 unspecified atom stereocenters. The van der Waals surface area contributed by atoms with E-state index in [2.05, 4.69) is 10.6 Å². The third kappa shape index (κ3) is 5.22. The molecule has 6 nitrogen and oxygen atoms in total. The Hall–Kier alpha value is -2.08. The molecule has 2 fully saturated rings. The number of hydrogen-bond donors (Lipinski definition) is 2. The number of hydrogen-bond acceptors (Lipinski definition) is 4. The number of ether oxygens (including phenoxy) is 1. The molecular weight excluding hydrogens is 342 g/mol. The van der Waals surface area contributed by atoms with Crippen molar-refractivity contribution < 1.29 is 14.3 Å². The number of nitrogens with one attached hydrogen (secondary N) is 2. The molecule has 0 spiro atoms. The minimum Gasteiger partial charge on any atom is -0.494 e. The number of likely N-dealkylation sites (tertiary alicyclic amines) is 1. The zero-order valence-corrected chi connectivity index (χ0v) is 16.2. The lowest BCUT2D eigenvalue weighted by Crippen LogP contribution is -2.49. The van der Waals surface area contributed by atoms with E-state index in [9.17, 15) is 9.59 Å². The first-order valence-corrected chi connectivity index (χ1v) is 10.2. The maximum Gasteiger partial charge on any atom is 0.226 e. The van der Waals surface area contributed by atoms with Crippen molar-refractivity contribution in [2.45, 2.75) is 32.6 Å². The number of benzene rings is 1. The fourth-order valence-corrected chi connectivity index (χ4v) is 4.00.